The van der Waals surface area contributed by atoms with Crippen molar-refractivity contribution in [2.45, 2.75) is 16.9 Å². The van der Waals surface area contributed by atoms with Crippen molar-refractivity contribution < 1.29 is 41.7 Å². The molecule has 2 heterocycles. The normalized spacial score (nSPS) is 17.0. The van der Waals surface area contributed by atoms with Crippen LogP contribution in [0.3, 0.4) is 0 Å². The van der Waals surface area contributed by atoms with Gasteiger partial charge >= 0.3 is 12.3 Å². The molecule has 0 bridgehead atoms. The summed E-state index contributed by atoms with van der Waals surface area (Å²) in [5.74, 6) is -5.46. The minimum atomic E-state index is -4.98. The number of ether oxygens (including phenoxy) is 1. The molecule has 0 saturated carbocycles. The maximum absolute atomic E-state index is 15.0. The number of aromatic hydroxyl groups is 1. The summed E-state index contributed by atoms with van der Waals surface area (Å²) in [6.07, 6.45) is -4.30. The summed E-state index contributed by atoms with van der Waals surface area (Å²) in [5.41, 5.74) is -3.05. The van der Waals surface area contributed by atoms with Gasteiger partial charge in [-0.2, -0.15) is 5.26 Å². The number of hydrogen-bond donors (Lipinski definition) is 2. The maximum atomic E-state index is 15.0. The van der Waals surface area contributed by atoms with Gasteiger partial charge in [0.1, 0.15) is 27.7 Å². The van der Waals surface area contributed by atoms with Crippen molar-refractivity contribution in [3.8, 4) is 34.4 Å². The van der Waals surface area contributed by atoms with Gasteiger partial charge in [-0.25, -0.2) is 8.78 Å². The minimum Gasteiger partial charge on any atom is -0.506 e. The third-order valence-corrected chi connectivity index (χ3v) is 6.39. The van der Waals surface area contributed by atoms with Gasteiger partial charge in [0.15, 0.2) is 11.6 Å². The summed E-state index contributed by atoms with van der Waals surface area (Å²) in [4.78, 5) is 24.6. The predicted octanol–water partition coefficient (Wildman–Crippen LogP) is 4.82. The summed E-state index contributed by atoms with van der Waals surface area (Å²) in [5, 5.41) is 26.3. The van der Waals surface area contributed by atoms with Crippen LogP contribution >= 0.6 is 11.8 Å². The summed E-state index contributed by atoms with van der Waals surface area (Å²) < 4.78 is 71.7. The van der Waals surface area contributed by atoms with Crippen molar-refractivity contribution >= 4 is 17.7 Å². The lowest BCUT2D eigenvalue weighted by Crippen LogP contribution is -2.26. The van der Waals surface area contributed by atoms with Crippen LogP contribution in [0.5, 0.6) is 11.5 Å². The Balaban J connectivity index is 1.84. The van der Waals surface area contributed by atoms with Crippen molar-refractivity contribution in [2.24, 2.45) is 0 Å². The summed E-state index contributed by atoms with van der Waals surface area (Å²) in [7, 11) is 0. The minimum absolute atomic E-state index is 0.0283. The SMILES string of the molecule is N#CC1SC(C(=O)O)c2c1c(O)cn(-c1c(F)cc(-c3cccc(OC(F)(F)F)c3)cc1F)c2=O. The molecule has 13 heteroatoms. The third-order valence-electron chi connectivity index (χ3n) is 5.06. The molecule has 0 radical (unpaired) electrons. The van der Waals surface area contributed by atoms with Crippen LogP contribution in [-0.2, 0) is 4.79 Å². The maximum Gasteiger partial charge on any atom is 0.573 e. The molecule has 0 aliphatic carbocycles. The lowest BCUT2D eigenvalue weighted by atomic mass is 10.0. The Hall–Kier alpha value is -4.05. The fraction of sp³-hybridized carbons (Fsp3) is 0.136. The summed E-state index contributed by atoms with van der Waals surface area (Å²) >= 11 is 0.580. The van der Waals surface area contributed by atoms with Crippen LogP contribution in [-0.4, -0.2) is 27.1 Å². The molecular weight excluding hydrogens is 499 g/mol. The van der Waals surface area contributed by atoms with Gasteiger partial charge in [-0.3, -0.25) is 14.2 Å². The standard InChI is InChI=1S/C22H11F5N2O5S/c23-12-5-10(9-2-1-3-11(4-9)34-22(25,26)27)6-13(24)18(12)29-8-14(30)16-15(7-28)35-19(21(32)33)17(16)20(29)31/h1-6,8,15,19,30H,(H,32,33). The number of rotatable bonds is 4. The first-order valence-electron chi connectivity index (χ1n) is 9.53. The lowest BCUT2D eigenvalue weighted by molar-refractivity contribution is -0.274. The average Bonchev–Trinajstić information content (AvgIpc) is 3.16. The van der Waals surface area contributed by atoms with Crippen LogP contribution in [0.4, 0.5) is 22.0 Å². The van der Waals surface area contributed by atoms with E-state index in [0.29, 0.717) is 22.5 Å². The quantitative estimate of drug-likeness (QED) is 0.484. The van der Waals surface area contributed by atoms with E-state index in [1.54, 1.807) is 6.07 Å². The summed E-state index contributed by atoms with van der Waals surface area (Å²) in [6, 6.07) is 7.63. The van der Waals surface area contributed by atoms with E-state index in [0.717, 1.165) is 24.3 Å². The molecule has 2 aromatic carbocycles. The average molecular weight is 510 g/mol. The number of carbonyl (C=O) groups is 1. The molecule has 180 valence electrons. The number of fused-ring (bicyclic) bond motifs is 1. The number of hydrogen-bond acceptors (Lipinski definition) is 6. The van der Waals surface area contributed by atoms with E-state index in [1.165, 1.54) is 12.1 Å². The first-order valence-corrected chi connectivity index (χ1v) is 10.5. The fourth-order valence-electron chi connectivity index (χ4n) is 3.71. The Bertz CT molecular complexity index is 1440. The number of carboxylic acid groups (broad SMARTS) is 1. The number of pyridine rings is 1. The zero-order valence-electron chi connectivity index (χ0n) is 17.0. The first-order chi connectivity index (χ1) is 16.4. The zero-order valence-corrected chi connectivity index (χ0v) is 17.8. The second-order valence-electron chi connectivity index (χ2n) is 7.24. The van der Waals surface area contributed by atoms with Gasteiger partial charge in [-0.05, 0) is 35.4 Å². The molecule has 2 atom stereocenters. The number of thioether (sulfide) groups is 1. The van der Waals surface area contributed by atoms with Crippen LogP contribution in [0, 0.1) is 23.0 Å². The van der Waals surface area contributed by atoms with Gasteiger partial charge < -0.3 is 14.9 Å². The molecule has 7 nitrogen and oxygen atoms in total. The third kappa shape index (κ3) is 4.40. The largest absolute Gasteiger partial charge is 0.573 e. The highest BCUT2D eigenvalue weighted by Crippen LogP contribution is 2.52. The Labute approximate surface area is 196 Å². The van der Waals surface area contributed by atoms with Crippen LogP contribution in [0.1, 0.15) is 21.6 Å². The smallest absolute Gasteiger partial charge is 0.506 e. The number of benzene rings is 2. The molecule has 1 aliphatic rings. The molecule has 4 rings (SSSR count). The molecule has 3 aromatic rings. The highest BCUT2D eigenvalue weighted by Gasteiger charge is 2.42. The zero-order chi connectivity index (χ0) is 25.7. The molecule has 0 spiro atoms. The van der Waals surface area contributed by atoms with Gasteiger partial charge in [0, 0.05) is 5.56 Å². The number of alkyl halides is 3. The fourth-order valence-corrected chi connectivity index (χ4v) is 4.91. The van der Waals surface area contributed by atoms with E-state index in [9.17, 15) is 38.2 Å². The van der Waals surface area contributed by atoms with Gasteiger partial charge in [-0.15, -0.1) is 24.9 Å². The van der Waals surface area contributed by atoms with Gasteiger partial charge in [0.05, 0.1) is 17.8 Å². The molecule has 1 aliphatic heterocycles. The number of nitrogens with zero attached hydrogens (tertiary/aromatic N) is 2. The Morgan fingerprint density at radius 1 is 1.11 bits per heavy atom. The van der Waals surface area contributed by atoms with Crippen LogP contribution < -0.4 is 10.3 Å². The van der Waals surface area contributed by atoms with E-state index in [4.69, 9.17) is 0 Å². The molecule has 2 unspecified atom stereocenters. The van der Waals surface area contributed by atoms with Crippen LogP contribution in [0.15, 0.2) is 47.4 Å². The van der Waals surface area contributed by atoms with Crippen molar-refractivity contribution in [3.05, 3.63) is 75.7 Å². The second kappa shape index (κ2) is 8.62. The molecule has 0 fully saturated rings. The Kier molecular flexibility index (Phi) is 5.93. The molecule has 0 saturated heterocycles. The lowest BCUT2D eigenvalue weighted by Gasteiger charge is -2.15. The van der Waals surface area contributed by atoms with Gasteiger partial charge in [-0.1, -0.05) is 12.1 Å². The highest BCUT2D eigenvalue weighted by molar-refractivity contribution is 8.01. The van der Waals surface area contributed by atoms with E-state index < -0.39 is 62.8 Å². The van der Waals surface area contributed by atoms with Crippen molar-refractivity contribution in [1.29, 1.82) is 5.26 Å². The number of carboxylic acids is 1. The monoisotopic (exact) mass is 510 g/mol. The molecule has 0 amide bonds. The van der Waals surface area contributed by atoms with Gasteiger partial charge in [0.25, 0.3) is 5.56 Å². The van der Waals surface area contributed by atoms with E-state index in [1.807, 2.05) is 0 Å². The number of aromatic nitrogens is 1. The number of halogens is 5. The van der Waals surface area contributed by atoms with E-state index in [2.05, 4.69) is 4.74 Å². The van der Waals surface area contributed by atoms with E-state index in [-0.39, 0.29) is 16.7 Å². The Morgan fingerprint density at radius 3 is 2.34 bits per heavy atom. The van der Waals surface area contributed by atoms with Gasteiger partial charge in [0.2, 0.25) is 0 Å². The highest BCUT2D eigenvalue weighted by atomic mass is 32.2. The first kappa shape index (κ1) is 24.1. The molecule has 35 heavy (non-hydrogen) atoms. The van der Waals surface area contributed by atoms with Crippen LogP contribution in [0.2, 0.25) is 0 Å². The van der Waals surface area contributed by atoms with E-state index >= 15 is 8.78 Å². The van der Waals surface area contributed by atoms with Crippen molar-refractivity contribution in [2.75, 3.05) is 0 Å². The summed E-state index contributed by atoms with van der Waals surface area (Å²) in [6.45, 7) is 0. The van der Waals surface area contributed by atoms with Crippen molar-refractivity contribution in [1.82, 2.24) is 4.57 Å². The number of aliphatic carboxylic acids is 1. The molecule has 2 N–H and O–H groups in total. The predicted molar refractivity (Wildman–Crippen MR) is 112 cm³/mol. The van der Waals surface area contributed by atoms with Crippen molar-refractivity contribution in [3.63, 3.8) is 0 Å². The number of nitriles is 1. The molecule has 1 aromatic heterocycles. The van der Waals surface area contributed by atoms with Crippen LogP contribution in [0.25, 0.3) is 16.8 Å². The second-order valence-corrected chi connectivity index (χ2v) is 8.46. The molecular formula is C22H11F5N2O5S. The Morgan fingerprint density at radius 2 is 1.77 bits per heavy atom. The topological polar surface area (TPSA) is 113 Å².